The van der Waals surface area contributed by atoms with Crippen molar-refractivity contribution < 1.29 is 27.4 Å². The van der Waals surface area contributed by atoms with Crippen LogP contribution >= 0.6 is 0 Å². The molecule has 0 bridgehead atoms. The predicted octanol–water partition coefficient (Wildman–Crippen LogP) is 4.32. The molecule has 3 rings (SSSR count). The minimum Gasteiger partial charge on any atom is -0.493 e. The normalized spacial score (nSPS) is 10.9. The van der Waals surface area contributed by atoms with Gasteiger partial charge in [0, 0.05) is 6.07 Å². The molecule has 1 amide bonds. The summed E-state index contributed by atoms with van der Waals surface area (Å²) < 4.78 is 43.3. The van der Waals surface area contributed by atoms with Gasteiger partial charge in [0.1, 0.15) is 5.75 Å². The van der Waals surface area contributed by atoms with Crippen LogP contribution in [0.5, 0.6) is 17.2 Å². The highest BCUT2D eigenvalue weighted by molar-refractivity contribution is 7.92. The fourth-order valence-electron chi connectivity index (χ4n) is 3.43. The van der Waals surface area contributed by atoms with Crippen LogP contribution in [0.3, 0.4) is 0 Å². The maximum atomic E-state index is 13.5. The molecule has 0 radical (unpaired) electrons. The largest absolute Gasteiger partial charge is 0.493 e. The number of ether oxygens (including phenoxy) is 3. The molecule has 9 heteroatoms. The van der Waals surface area contributed by atoms with Crippen LogP contribution < -0.4 is 23.8 Å². The summed E-state index contributed by atoms with van der Waals surface area (Å²) in [6, 6.07) is 19.1. The van der Waals surface area contributed by atoms with E-state index in [0.717, 1.165) is 11.8 Å². The average molecular weight is 485 g/mol. The van der Waals surface area contributed by atoms with Gasteiger partial charge in [-0.15, -0.1) is 0 Å². The van der Waals surface area contributed by atoms with Gasteiger partial charge in [-0.1, -0.05) is 42.5 Å². The van der Waals surface area contributed by atoms with E-state index < -0.39 is 15.9 Å². The zero-order valence-electron chi connectivity index (χ0n) is 19.6. The summed E-state index contributed by atoms with van der Waals surface area (Å²) in [6.07, 6.45) is 1.10. The van der Waals surface area contributed by atoms with E-state index >= 15 is 0 Å². The molecule has 0 aromatic heterocycles. The lowest BCUT2D eigenvalue weighted by Crippen LogP contribution is -2.31. The van der Waals surface area contributed by atoms with E-state index in [1.807, 2.05) is 37.3 Å². The third kappa shape index (κ3) is 5.79. The highest BCUT2D eigenvalue weighted by Gasteiger charge is 2.27. The van der Waals surface area contributed by atoms with Crippen LogP contribution in [0.4, 0.5) is 11.4 Å². The minimum atomic E-state index is -3.77. The summed E-state index contributed by atoms with van der Waals surface area (Å²) >= 11 is 0. The summed E-state index contributed by atoms with van der Waals surface area (Å²) in [5.41, 5.74) is 1.49. The van der Waals surface area contributed by atoms with Gasteiger partial charge >= 0.3 is 0 Å². The Kier molecular flexibility index (Phi) is 8.01. The molecule has 0 aliphatic rings. The highest BCUT2D eigenvalue weighted by Crippen LogP contribution is 2.37. The molecule has 0 atom stereocenters. The molecule has 0 fully saturated rings. The van der Waals surface area contributed by atoms with Gasteiger partial charge in [0.2, 0.25) is 10.0 Å². The lowest BCUT2D eigenvalue weighted by atomic mass is 10.1. The summed E-state index contributed by atoms with van der Waals surface area (Å²) in [4.78, 5) is 13.5. The molecule has 3 aromatic carbocycles. The fourth-order valence-corrected chi connectivity index (χ4v) is 4.32. The zero-order valence-corrected chi connectivity index (χ0v) is 20.4. The van der Waals surface area contributed by atoms with Crippen molar-refractivity contribution in [2.24, 2.45) is 0 Å². The molecule has 34 heavy (non-hydrogen) atoms. The molecule has 8 nitrogen and oxygen atoms in total. The molecule has 0 aliphatic heterocycles. The number of nitrogens with zero attached hydrogens (tertiary/aromatic N) is 1. The van der Waals surface area contributed by atoms with Gasteiger partial charge in [0.05, 0.1) is 50.6 Å². The summed E-state index contributed by atoms with van der Waals surface area (Å²) in [5, 5.41) is 2.83. The summed E-state index contributed by atoms with van der Waals surface area (Å²) in [5.74, 6) is 0.572. The van der Waals surface area contributed by atoms with Gasteiger partial charge in [-0.05, 0) is 30.7 Å². The molecule has 180 valence electrons. The van der Waals surface area contributed by atoms with E-state index in [1.54, 1.807) is 24.3 Å². The van der Waals surface area contributed by atoms with Gasteiger partial charge in [0.15, 0.2) is 11.5 Å². The van der Waals surface area contributed by atoms with Gasteiger partial charge in [-0.3, -0.25) is 9.10 Å². The Balaban J connectivity index is 2.13. The Bertz CT molecular complexity index is 1250. The van der Waals surface area contributed by atoms with E-state index in [2.05, 4.69) is 5.32 Å². The number of rotatable bonds is 10. The lowest BCUT2D eigenvalue weighted by Gasteiger charge is -2.26. The van der Waals surface area contributed by atoms with Gasteiger partial charge in [0.25, 0.3) is 5.91 Å². The first-order valence-electron chi connectivity index (χ1n) is 10.6. The maximum Gasteiger partial charge on any atom is 0.258 e. The topological polar surface area (TPSA) is 94.2 Å². The fraction of sp³-hybridized carbons (Fsp3) is 0.240. The SMILES string of the molecule is CCOc1ccccc1NC(=O)c1cc(OC)c(OC)cc1N(Cc1ccccc1)S(C)(=O)=O. The number of para-hydroxylation sites is 2. The van der Waals surface area contributed by atoms with Crippen molar-refractivity contribution in [1.29, 1.82) is 0 Å². The van der Waals surface area contributed by atoms with Crippen molar-refractivity contribution in [2.45, 2.75) is 13.5 Å². The minimum absolute atomic E-state index is 0.0327. The second kappa shape index (κ2) is 10.9. The smallest absolute Gasteiger partial charge is 0.258 e. The second-order valence-corrected chi connectivity index (χ2v) is 9.27. The lowest BCUT2D eigenvalue weighted by molar-refractivity contribution is 0.102. The van der Waals surface area contributed by atoms with E-state index in [1.165, 1.54) is 30.7 Å². The Morgan fingerprint density at radius 1 is 0.912 bits per heavy atom. The second-order valence-electron chi connectivity index (χ2n) is 7.36. The summed E-state index contributed by atoms with van der Waals surface area (Å²) in [7, 11) is -0.882. The molecule has 0 saturated heterocycles. The standard InChI is InChI=1S/C25H28N2O6S/c1-5-33-22-14-10-9-13-20(22)26-25(28)19-15-23(31-2)24(32-3)16-21(19)27(34(4,29)30)17-18-11-7-6-8-12-18/h6-16H,5,17H2,1-4H3,(H,26,28). The van der Waals surface area contributed by atoms with Crippen molar-refractivity contribution in [3.63, 3.8) is 0 Å². The van der Waals surface area contributed by atoms with Crippen LogP contribution in [0.2, 0.25) is 0 Å². The molecule has 0 unspecified atom stereocenters. The van der Waals surface area contributed by atoms with Gasteiger partial charge < -0.3 is 19.5 Å². The van der Waals surface area contributed by atoms with E-state index in [4.69, 9.17) is 14.2 Å². The number of methoxy groups -OCH3 is 2. The first kappa shape index (κ1) is 24.9. The van der Waals surface area contributed by atoms with Gasteiger partial charge in [-0.25, -0.2) is 8.42 Å². The number of carbonyl (C=O) groups is 1. The molecule has 0 saturated carbocycles. The Hall–Kier alpha value is -3.72. The molecule has 0 spiro atoms. The first-order chi connectivity index (χ1) is 16.3. The van der Waals surface area contributed by atoms with Crippen molar-refractivity contribution in [3.05, 3.63) is 77.9 Å². The van der Waals surface area contributed by atoms with Crippen LogP contribution in [0, 0.1) is 0 Å². The average Bonchev–Trinajstić information content (AvgIpc) is 2.83. The number of benzene rings is 3. The Morgan fingerprint density at radius 3 is 2.15 bits per heavy atom. The Morgan fingerprint density at radius 2 is 1.53 bits per heavy atom. The van der Waals surface area contributed by atoms with Crippen molar-refractivity contribution >= 4 is 27.3 Å². The number of sulfonamides is 1. The molecule has 0 heterocycles. The first-order valence-corrected chi connectivity index (χ1v) is 12.4. The van der Waals surface area contributed by atoms with Crippen LogP contribution in [0.15, 0.2) is 66.7 Å². The number of hydrogen-bond acceptors (Lipinski definition) is 6. The van der Waals surface area contributed by atoms with E-state index in [9.17, 15) is 13.2 Å². The monoisotopic (exact) mass is 484 g/mol. The van der Waals surface area contributed by atoms with Crippen LogP contribution in [0.1, 0.15) is 22.8 Å². The number of nitrogens with one attached hydrogen (secondary N) is 1. The number of anilines is 2. The van der Waals surface area contributed by atoms with E-state index in [0.29, 0.717) is 29.5 Å². The number of amides is 1. The van der Waals surface area contributed by atoms with Crippen LogP contribution in [-0.4, -0.2) is 41.4 Å². The van der Waals surface area contributed by atoms with Gasteiger partial charge in [-0.2, -0.15) is 0 Å². The van der Waals surface area contributed by atoms with Crippen molar-refractivity contribution in [2.75, 3.05) is 36.7 Å². The molecule has 3 aromatic rings. The number of carbonyl (C=O) groups excluding carboxylic acids is 1. The van der Waals surface area contributed by atoms with E-state index in [-0.39, 0.29) is 17.8 Å². The highest BCUT2D eigenvalue weighted by atomic mass is 32.2. The maximum absolute atomic E-state index is 13.5. The molecular formula is C25H28N2O6S. The van der Waals surface area contributed by atoms with Crippen molar-refractivity contribution in [3.8, 4) is 17.2 Å². The third-order valence-electron chi connectivity index (χ3n) is 5.02. The molecule has 1 N–H and O–H groups in total. The molecule has 0 aliphatic carbocycles. The van der Waals surface area contributed by atoms with Crippen molar-refractivity contribution in [1.82, 2.24) is 0 Å². The quantitative estimate of drug-likeness (QED) is 0.461. The third-order valence-corrected chi connectivity index (χ3v) is 6.15. The summed E-state index contributed by atoms with van der Waals surface area (Å²) in [6.45, 7) is 2.30. The molecular weight excluding hydrogens is 456 g/mol. The van der Waals surface area contributed by atoms with Crippen LogP contribution in [-0.2, 0) is 16.6 Å². The zero-order chi connectivity index (χ0) is 24.7. The predicted molar refractivity (Wildman–Crippen MR) is 133 cm³/mol. The Labute approximate surface area is 200 Å². The number of hydrogen-bond donors (Lipinski definition) is 1. The van der Waals surface area contributed by atoms with Crippen LogP contribution in [0.25, 0.3) is 0 Å².